The first-order chi connectivity index (χ1) is 8.16. The molecule has 2 heterocycles. The van der Waals surface area contributed by atoms with Crippen molar-refractivity contribution in [3.8, 4) is 0 Å². The van der Waals surface area contributed by atoms with Crippen molar-refractivity contribution < 1.29 is 0 Å². The lowest BCUT2D eigenvalue weighted by Crippen LogP contribution is -2.19. The molecule has 0 saturated heterocycles. The number of nitrogens with zero attached hydrogens (tertiary/aromatic N) is 4. The van der Waals surface area contributed by atoms with Crippen molar-refractivity contribution in [2.45, 2.75) is 39.4 Å². The van der Waals surface area contributed by atoms with Gasteiger partial charge in [-0.25, -0.2) is 4.98 Å². The third-order valence-electron chi connectivity index (χ3n) is 2.57. The van der Waals surface area contributed by atoms with Crippen molar-refractivity contribution >= 4 is 5.95 Å². The molecule has 1 N–H and O–H groups in total. The fraction of sp³-hybridized carbons (Fsp3) is 0.500. The van der Waals surface area contributed by atoms with E-state index in [2.05, 4.69) is 40.7 Å². The largest absolute Gasteiger partial charge is 0.353 e. The quantitative estimate of drug-likeness (QED) is 0.861. The van der Waals surface area contributed by atoms with Crippen LogP contribution in [0.1, 0.15) is 26.8 Å². The van der Waals surface area contributed by atoms with Gasteiger partial charge in [0.25, 0.3) is 0 Å². The Hall–Kier alpha value is -1.78. The van der Waals surface area contributed by atoms with Gasteiger partial charge in [0.2, 0.25) is 5.95 Å². The fourth-order valence-corrected chi connectivity index (χ4v) is 1.81. The third kappa shape index (κ3) is 2.87. The molecule has 2 rings (SSSR count). The molecule has 2 aromatic heterocycles. The molecule has 0 amide bonds. The van der Waals surface area contributed by atoms with Gasteiger partial charge in [0.1, 0.15) is 0 Å². The summed E-state index contributed by atoms with van der Waals surface area (Å²) in [7, 11) is 0. The highest BCUT2D eigenvalue weighted by molar-refractivity contribution is 5.27. The topological polar surface area (TPSA) is 47.7 Å². The minimum atomic E-state index is 0.318. The van der Waals surface area contributed by atoms with Crippen LogP contribution in [-0.2, 0) is 6.54 Å². The highest BCUT2D eigenvalue weighted by Crippen LogP contribution is 2.15. The number of hydrogen-bond donors (Lipinski definition) is 1. The molecule has 0 aliphatic carbocycles. The van der Waals surface area contributed by atoms with Crippen molar-refractivity contribution in [2.75, 3.05) is 5.32 Å². The molecular formula is C12H19N5. The summed E-state index contributed by atoms with van der Waals surface area (Å²) >= 11 is 0. The van der Waals surface area contributed by atoms with Crippen LogP contribution in [0.3, 0.4) is 0 Å². The van der Waals surface area contributed by atoms with E-state index in [1.807, 2.05) is 29.3 Å². The minimum Gasteiger partial charge on any atom is -0.353 e. The number of hydrogen-bond acceptors (Lipinski definition) is 3. The molecule has 92 valence electrons. The molecule has 17 heavy (non-hydrogen) atoms. The summed E-state index contributed by atoms with van der Waals surface area (Å²) < 4.78 is 4.07. The van der Waals surface area contributed by atoms with Crippen molar-refractivity contribution in [3.63, 3.8) is 0 Å². The van der Waals surface area contributed by atoms with Gasteiger partial charge in [0, 0.05) is 30.8 Å². The van der Waals surface area contributed by atoms with Gasteiger partial charge in [0.15, 0.2) is 0 Å². The van der Waals surface area contributed by atoms with Crippen LogP contribution in [0.5, 0.6) is 0 Å². The van der Waals surface area contributed by atoms with Gasteiger partial charge in [-0.2, -0.15) is 5.10 Å². The van der Waals surface area contributed by atoms with E-state index in [0.29, 0.717) is 12.1 Å². The van der Waals surface area contributed by atoms with Crippen LogP contribution in [0.2, 0.25) is 0 Å². The van der Waals surface area contributed by atoms with Gasteiger partial charge >= 0.3 is 0 Å². The number of nitrogens with one attached hydrogen (secondary N) is 1. The van der Waals surface area contributed by atoms with Crippen LogP contribution < -0.4 is 5.32 Å². The molecule has 0 aliphatic rings. The number of imidazole rings is 1. The number of anilines is 1. The molecule has 0 aliphatic heterocycles. The normalized spacial score (nSPS) is 12.9. The zero-order chi connectivity index (χ0) is 12.3. The van der Waals surface area contributed by atoms with E-state index in [0.717, 1.165) is 12.5 Å². The summed E-state index contributed by atoms with van der Waals surface area (Å²) in [6.07, 6.45) is 7.60. The first-order valence-corrected chi connectivity index (χ1v) is 5.93. The van der Waals surface area contributed by atoms with Crippen LogP contribution in [0.15, 0.2) is 30.9 Å². The van der Waals surface area contributed by atoms with Crippen LogP contribution in [0, 0.1) is 0 Å². The first kappa shape index (κ1) is 11.7. The lowest BCUT2D eigenvalue weighted by molar-refractivity contribution is 0.439. The molecule has 2 aromatic rings. The van der Waals surface area contributed by atoms with Gasteiger partial charge in [-0.3, -0.25) is 4.68 Å². The van der Waals surface area contributed by atoms with Crippen LogP contribution >= 0.6 is 0 Å². The van der Waals surface area contributed by atoms with Gasteiger partial charge in [-0.15, -0.1) is 0 Å². The Morgan fingerprint density at radius 2 is 2.06 bits per heavy atom. The molecule has 0 radical (unpaired) electrons. The molecule has 1 unspecified atom stereocenters. The van der Waals surface area contributed by atoms with Crippen molar-refractivity contribution in [3.05, 3.63) is 30.9 Å². The van der Waals surface area contributed by atoms with Crippen molar-refractivity contribution in [1.82, 2.24) is 19.3 Å². The Balaban J connectivity index is 2.08. The lowest BCUT2D eigenvalue weighted by Gasteiger charge is -2.18. The molecule has 5 nitrogen and oxygen atoms in total. The maximum absolute atomic E-state index is 4.33. The van der Waals surface area contributed by atoms with E-state index >= 15 is 0 Å². The van der Waals surface area contributed by atoms with E-state index < -0.39 is 0 Å². The standard InChI is InChI=1S/C12H19N5/c1-10(2)15-12-13-6-8-17(12)11(3)9-16-7-4-5-14-16/h4-8,10-11H,9H2,1-3H3,(H,13,15). The Kier molecular flexibility index (Phi) is 3.46. The average molecular weight is 233 g/mol. The second kappa shape index (κ2) is 5.03. The zero-order valence-electron chi connectivity index (χ0n) is 10.5. The van der Waals surface area contributed by atoms with E-state index in [9.17, 15) is 0 Å². The van der Waals surface area contributed by atoms with E-state index in [1.165, 1.54) is 0 Å². The summed E-state index contributed by atoms with van der Waals surface area (Å²) in [6.45, 7) is 7.22. The van der Waals surface area contributed by atoms with Crippen LogP contribution in [0.25, 0.3) is 0 Å². The fourth-order valence-electron chi connectivity index (χ4n) is 1.81. The molecule has 5 heteroatoms. The zero-order valence-corrected chi connectivity index (χ0v) is 10.5. The summed E-state index contributed by atoms with van der Waals surface area (Å²) in [5.41, 5.74) is 0. The Bertz CT molecular complexity index is 443. The summed E-state index contributed by atoms with van der Waals surface area (Å²) in [5, 5.41) is 7.56. The van der Waals surface area contributed by atoms with Crippen LogP contribution in [-0.4, -0.2) is 25.4 Å². The summed E-state index contributed by atoms with van der Waals surface area (Å²) in [6, 6.07) is 2.64. The smallest absolute Gasteiger partial charge is 0.203 e. The maximum atomic E-state index is 4.33. The predicted molar refractivity (Wildman–Crippen MR) is 67.9 cm³/mol. The van der Waals surface area contributed by atoms with Crippen molar-refractivity contribution in [2.24, 2.45) is 0 Å². The first-order valence-electron chi connectivity index (χ1n) is 5.93. The third-order valence-corrected chi connectivity index (χ3v) is 2.57. The highest BCUT2D eigenvalue weighted by atomic mass is 15.3. The predicted octanol–water partition coefficient (Wildman–Crippen LogP) is 2.16. The monoisotopic (exact) mass is 233 g/mol. The maximum Gasteiger partial charge on any atom is 0.203 e. The molecule has 0 saturated carbocycles. The SMILES string of the molecule is CC(C)Nc1nccn1C(C)Cn1cccn1. The second-order valence-corrected chi connectivity index (χ2v) is 4.53. The molecule has 1 atom stereocenters. The van der Waals surface area contributed by atoms with Gasteiger partial charge in [-0.05, 0) is 26.8 Å². The molecule has 0 aromatic carbocycles. The second-order valence-electron chi connectivity index (χ2n) is 4.53. The average Bonchev–Trinajstić information content (AvgIpc) is 2.87. The van der Waals surface area contributed by atoms with Gasteiger partial charge in [-0.1, -0.05) is 0 Å². The minimum absolute atomic E-state index is 0.318. The lowest BCUT2D eigenvalue weighted by atomic mass is 10.3. The highest BCUT2D eigenvalue weighted by Gasteiger charge is 2.11. The number of rotatable bonds is 5. The Labute approximate surface area is 101 Å². The van der Waals surface area contributed by atoms with Crippen molar-refractivity contribution in [1.29, 1.82) is 0 Å². The van der Waals surface area contributed by atoms with E-state index in [1.54, 1.807) is 6.20 Å². The molecule has 0 bridgehead atoms. The van der Waals surface area contributed by atoms with Gasteiger partial charge < -0.3 is 9.88 Å². The van der Waals surface area contributed by atoms with E-state index in [4.69, 9.17) is 0 Å². The van der Waals surface area contributed by atoms with Crippen LogP contribution in [0.4, 0.5) is 5.95 Å². The molecular weight excluding hydrogens is 214 g/mol. The van der Waals surface area contributed by atoms with Gasteiger partial charge in [0.05, 0.1) is 12.6 Å². The molecule has 0 fully saturated rings. The summed E-state index contributed by atoms with van der Waals surface area (Å²) in [5.74, 6) is 0.916. The van der Waals surface area contributed by atoms with E-state index in [-0.39, 0.29) is 0 Å². The Morgan fingerprint density at radius 3 is 2.71 bits per heavy atom. The summed E-state index contributed by atoms with van der Waals surface area (Å²) in [4.78, 5) is 4.33. The Morgan fingerprint density at radius 1 is 1.24 bits per heavy atom. The number of aromatic nitrogens is 4. The molecule has 0 spiro atoms.